The Kier molecular flexibility index (Phi) is 5.05. The fourth-order valence-corrected chi connectivity index (χ4v) is 1.20. The zero-order chi connectivity index (χ0) is 12.0. The molecule has 0 radical (unpaired) electrons. The summed E-state index contributed by atoms with van der Waals surface area (Å²) in [5, 5.41) is 0. The van der Waals surface area contributed by atoms with Crippen molar-refractivity contribution < 1.29 is 18.3 Å². The second-order valence-corrected chi connectivity index (χ2v) is 3.45. The van der Waals surface area contributed by atoms with E-state index >= 15 is 0 Å². The molecule has 0 N–H and O–H groups in total. The minimum absolute atomic E-state index is 0.127. The molecule has 1 aromatic carbocycles. The molecule has 1 aromatic rings. The molecule has 4 heteroatoms. The number of hydrogen-bond acceptors (Lipinski definition) is 2. The lowest BCUT2D eigenvalue weighted by molar-refractivity contribution is 0.0750. The topological polar surface area (TPSA) is 26.3 Å². The number of benzene rings is 1. The van der Waals surface area contributed by atoms with Crippen molar-refractivity contribution in [2.45, 2.75) is 19.8 Å². The number of halogens is 2. The lowest BCUT2D eigenvalue weighted by atomic mass is 10.1. The first-order valence-electron chi connectivity index (χ1n) is 5.21. The van der Waals surface area contributed by atoms with E-state index in [-0.39, 0.29) is 12.2 Å². The van der Waals surface area contributed by atoms with Crippen LogP contribution in [0.4, 0.5) is 8.78 Å². The first kappa shape index (κ1) is 12.8. The first-order valence-corrected chi connectivity index (χ1v) is 5.21. The molecule has 0 saturated carbocycles. The summed E-state index contributed by atoms with van der Waals surface area (Å²) >= 11 is 0. The van der Waals surface area contributed by atoms with E-state index in [1.165, 1.54) is 0 Å². The lowest BCUT2D eigenvalue weighted by Crippen LogP contribution is -2.11. The molecule has 0 amide bonds. The van der Waals surface area contributed by atoms with Gasteiger partial charge in [-0.05, 0) is 18.6 Å². The van der Waals surface area contributed by atoms with Crippen LogP contribution in [0.5, 0.6) is 0 Å². The van der Waals surface area contributed by atoms with Crippen molar-refractivity contribution in [1.29, 1.82) is 0 Å². The fraction of sp³-hybridized carbons (Fsp3) is 0.417. The van der Waals surface area contributed by atoms with Gasteiger partial charge in [-0.25, -0.2) is 8.78 Å². The number of rotatable bonds is 6. The maximum Gasteiger partial charge on any atom is 0.191 e. The van der Waals surface area contributed by atoms with Crippen molar-refractivity contribution >= 4 is 5.78 Å². The molecule has 16 heavy (non-hydrogen) atoms. The Morgan fingerprint density at radius 1 is 1.38 bits per heavy atom. The maximum absolute atomic E-state index is 13.2. The van der Waals surface area contributed by atoms with Gasteiger partial charge in [0, 0.05) is 12.7 Å². The highest BCUT2D eigenvalue weighted by molar-refractivity contribution is 5.97. The van der Waals surface area contributed by atoms with Gasteiger partial charge >= 0.3 is 0 Å². The largest absolute Gasteiger partial charge is 0.373 e. The maximum atomic E-state index is 13.2. The Hall–Kier alpha value is -1.29. The van der Waals surface area contributed by atoms with E-state index in [1.807, 2.05) is 6.92 Å². The van der Waals surface area contributed by atoms with E-state index in [0.717, 1.165) is 25.0 Å². The Bertz CT molecular complexity index is 364. The third-order valence-corrected chi connectivity index (χ3v) is 2.11. The van der Waals surface area contributed by atoms with Crippen LogP contribution in [0, 0.1) is 11.6 Å². The van der Waals surface area contributed by atoms with Gasteiger partial charge in [0.25, 0.3) is 0 Å². The highest BCUT2D eigenvalue weighted by Gasteiger charge is 2.12. The molecule has 0 saturated heterocycles. The van der Waals surface area contributed by atoms with Gasteiger partial charge < -0.3 is 4.74 Å². The Balaban J connectivity index is 2.53. The first-order chi connectivity index (χ1) is 7.65. The molecular formula is C12H14F2O2. The number of carbonyl (C=O) groups excluding carboxylic acids is 1. The number of Topliss-reactive ketones (excluding diaryl/α,β-unsaturated/α-hetero) is 1. The summed E-state index contributed by atoms with van der Waals surface area (Å²) in [4.78, 5) is 11.5. The standard InChI is InChI=1S/C12H14F2O2/c1-2-3-6-16-8-12(15)10-5-4-9(13)7-11(10)14/h4-5,7H,2-3,6,8H2,1H3. The summed E-state index contributed by atoms with van der Waals surface area (Å²) in [6.07, 6.45) is 1.83. The number of ketones is 1. The van der Waals surface area contributed by atoms with E-state index in [0.29, 0.717) is 12.7 Å². The molecule has 88 valence electrons. The fourth-order valence-electron chi connectivity index (χ4n) is 1.20. The number of carbonyl (C=O) groups is 1. The Morgan fingerprint density at radius 3 is 2.75 bits per heavy atom. The van der Waals surface area contributed by atoms with Crippen LogP contribution in [-0.2, 0) is 4.74 Å². The van der Waals surface area contributed by atoms with Crippen LogP contribution >= 0.6 is 0 Å². The van der Waals surface area contributed by atoms with Gasteiger partial charge in [-0.15, -0.1) is 0 Å². The van der Waals surface area contributed by atoms with Crippen molar-refractivity contribution in [3.8, 4) is 0 Å². The van der Waals surface area contributed by atoms with Gasteiger partial charge in [0.05, 0.1) is 5.56 Å². The lowest BCUT2D eigenvalue weighted by Gasteiger charge is -2.04. The second-order valence-electron chi connectivity index (χ2n) is 3.45. The van der Waals surface area contributed by atoms with Gasteiger partial charge in [-0.2, -0.15) is 0 Å². The molecule has 0 aliphatic carbocycles. The quantitative estimate of drug-likeness (QED) is 0.552. The average Bonchev–Trinajstić information content (AvgIpc) is 2.24. The molecule has 0 spiro atoms. The molecule has 2 nitrogen and oxygen atoms in total. The number of hydrogen-bond donors (Lipinski definition) is 0. The SMILES string of the molecule is CCCCOCC(=O)c1ccc(F)cc1F. The average molecular weight is 228 g/mol. The highest BCUT2D eigenvalue weighted by atomic mass is 19.1. The predicted octanol–water partition coefficient (Wildman–Crippen LogP) is 2.96. The van der Waals surface area contributed by atoms with Crippen LogP contribution in [0.25, 0.3) is 0 Å². The normalized spacial score (nSPS) is 10.4. The van der Waals surface area contributed by atoms with Crippen LogP contribution in [0.3, 0.4) is 0 Å². The molecule has 0 bridgehead atoms. The summed E-state index contributed by atoms with van der Waals surface area (Å²) in [6, 6.07) is 2.89. The Labute approximate surface area is 93.2 Å². The van der Waals surface area contributed by atoms with Crippen molar-refractivity contribution in [3.05, 3.63) is 35.4 Å². The van der Waals surface area contributed by atoms with Crippen LogP contribution in [-0.4, -0.2) is 19.0 Å². The smallest absolute Gasteiger partial charge is 0.191 e. The van der Waals surface area contributed by atoms with Crippen molar-refractivity contribution in [2.75, 3.05) is 13.2 Å². The zero-order valence-corrected chi connectivity index (χ0v) is 9.13. The number of unbranched alkanes of at least 4 members (excludes halogenated alkanes) is 1. The highest BCUT2D eigenvalue weighted by Crippen LogP contribution is 2.10. The van der Waals surface area contributed by atoms with Gasteiger partial charge in [0.1, 0.15) is 18.2 Å². The van der Waals surface area contributed by atoms with Crippen molar-refractivity contribution in [2.24, 2.45) is 0 Å². The molecule has 0 aliphatic heterocycles. The van der Waals surface area contributed by atoms with Gasteiger partial charge in [-0.3, -0.25) is 4.79 Å². The monoisotopic (exact) mass is 228 g/mol. The predicted molar refractivity (Wildman–Crippen MR) is 56.4 cm³/mol. The van der Waals surface area contributed by atoms with E-state index in [9.17, 15) is 13.6 Å². The minimum Gasteiger partial charge on any atom is -0.373 e. The van der Waals surface area contributed by atoms with E-state index in [4.69, 9.17) is 4.74 Å². The van der Waals surface area contributed by atoms with Crippen LogP contribution in [0.1, 0.15) is 30.1 Å². The molecule has 0 atom stereocenters. The molecule has 0 unspecified atom stereocenters. The van der Waals surface area contributed by atoms with E-state index in [1.54, 1.807) is 0 Å². The van der Waals surface area contributed by atoms with Crippen LogP contribution in [0.2, 0.25) is 0 Å². The van der Waals surface area contributed by atoms with Crippen LogP contribution in [0.15, 0.2) is 18.2 Å². The summed E-state index contributed by atoms with van der Waals surface area (Å²) < 4.78 is 30.8. The van der Waals surface area contributed by atoms with Crippen molar-refractivity contribution in [3.63, 3.8) is 0 Å². The number of ether oxygens (including phenoxy) is 1. The van der Waals surface area contributed by atoms with Gasteiger partial charge in [0.15, 0.2) is 5.78 Å². The molecule has 0 aromatic heterocycles. The van der Waals surface area contributed by atoms with Crippen LogP contribution < -0.4 is 0 Å². The molecule has 1 rings (SSSR count). The Morgan fingerprint density at radius 2 is 2.12 bits per heavy atom. The van der Waals surface area contributed by atoms with E-state index < -0.39 is 17.4 Å². The molecule has 0 fully saturated rings. The van der Waals surface area contributed by atoms with E-state index in [2.05, 4.69) is 0 Å². The summed E-state index contributed by atoms with van der Waals surface area (Å²) in [5.74, 6) is -2.00. The van der Waals surface area contributed by atoms with Gasteiger partial charge in [-0.1, -0.05) is 13.3 Å². The summed E-state index contributed by atoms with van der Waals surface area (Å²) in [7, 11) is 0. The summed E-state index contributed by atoms with van der Waals surface area (Å²) in [6.45, 7) is 2.32. The van der Waals surface area contributed by atoms with Gasteiger partial charge in [0.2, 0.25) is 0 Å². The third-order valence-electron chi connectivity index (χ3n) is 2.11. The molecule has 0 aliphatic rings. The second kappa shape index (κ2) is 6.33. The molecule has 0 heterocycles. The third kappa shape index (κ3) is 3.70. The molecular weight excluding hydrogens is 214 g/mol. The summed E-state index contributed by atoms with van der Waals surface area (Å²) in [5.41, 5.74) is -0.127. The zero-order valence-electron chi connectivity index (χ0n) is 9.13. The minimum atomic E-state index is -0.843. The van der Waals surface area contributed by atoms with Crippen molar-refractivity contribution in [1.82, 2.24) is 0 Å².